The predicted octanol–water partition coefficient (Wildman–Crippen LogP) is 3.53. The number of halogens is 1. The molecule has 0 fully saturated rings. The third-order valence-electron chi connectivity index (χ3n) is 1.81. The van der Waals surface area contributed by atoms with Crippen molar-refractivity contribution in [1.82, 2.24) is 0 Å². The van der Waals surface area contributed by atoms with E-state index >= 15 is 0 Å². The average Bonchev–Trinajstić information content (AvgIpc) is 1.78. The zero-order valence-corrected chi connectivity index (χ0v) is 11.4. The summed E-state index contributed by atoms with van der Waals surface area (Å²) in [6, 6.07) is 0. The number of alkyl halides is 1. The van der Waals surface area contributed by atoms with Crippen molar-refractivity contribution in [2.75, 3.05) is 5.33 Å². The maximum Gasteiger partial charge on any atom is 0.306 e. The number of rotatable bonds is 4. The molecule has 0 aromatic heterocycles. The van der Waals surface area contributed by atoms with Gasteiger partial charge in [-0.05, 0) is 32.6 Å². The minimum Gasteiger partial charge on any atom is -0.460 e. The van der Waals surface area contributed by atoms with Crippen LogP contribution in [-0.2, 0) is 9.53 Å². The summed E-state index contributed by atoms with van der Waals surface area (Å²) in [4.78, 5) is 11.5. The van der Waals surface area contributed by atoms with E-state index in [4.69, 9.17) is 4.74 Å². The average molecular weight is 265 g/mol. The third kappa shape index (κ3) is 7.36. The van der Waals surface area contributed by atoms with Gasteiger partial charge in [0.15, 0.2) is 0 Å². The van der Waals surface area contributed by atoms with Crippen LogP contribution in [-0.4, -0.2) is 16.9 Å². The smallest absolute Gasteiger partial charge is 0.306 e. The van der Waals surface area contributed by atoms with Crippen LogP contribution in [0.1, 0.15) is 47.5 Å². The Morgan fingerprint density at radius 1 is 1.21 bits per heavy atom. The lowest BCUT2D eigenvalue weighted by Gasteiger charge is -2.26. The highest BCUT2D eigenvalue weighted by Crippen LogP contribution is 2.27. The van der Waals surface area contributed by atoms with Gasteiger partial charge >= 0.3 is 5.97 Å². The molecule has 0 saturated heterocycles. The second-order valence-electron chi connectivity index (χ2n) is 5.37. The Kier molecular flexibility index (Phi) is 5.13. The summed E-state index contributed by atoms with van der Waals surface area (Å²) in [5, 5.41) is 0.919. The topological polar surface area (TPSA) is 26.3 Å². The molecule has 0 N–H and O–H groups in total. The molecule has 0 aromatic rings. The van der Waals surface area contributed by atoms with E-state index in [1.807, 2.05) is 20.8 Å². The molecule has 0 amide bonds. The van der Waals surface area contributed by atoms with Crippen LogP contribution in [0, 0.1) is 5.41 Å². The summed E-state index contributed by atoms with van der Waals surface area (Å²) in [5.41, 5.74) is -0.354. The van der Waals surface area contributed by atoms with E-state index in [0.717, 1.165) is 11.8 Å². The van der Waals surface area contributed by atoms with Gasteiger partial charge in [0, 0.05) is 5.33 Å². The molecule has 0 aliphatic rings. The second-order valence-corrected chi connectivity index (χ2v) is 6.16. The number of ether oxygens (including phenoxy) is 1. The van der Waals surface area contributed by atoms with Gasteiger partial charge in [-0.15, -0.1) is 0 Å². The first-order chi connectivity index (χ1) is 6.16. The lowest BCUT2D eigenvalue weighted by molar-refractivity contribution is -0.157. The van der Waals surface area contributed by atoms with E-state index < -0.39 is 0 Å². The highest BCUT2D eigenvalue weighted by atomic mass is 79.9. The zero-order valence-electron chi connectivity index (χ0n) is 9.82. The van der Waals surface area contributed by atoms with Crippen LogP contribution in [0.3, 0.4) is 0 Å². The summed E-state index contributed by atoms with van der Waals surface area (Å²) < 4.78 is 5.27. The summed E-state index contributed by atoms with van der Waals surface area (Å²) in [5.74, 6) is -0.108. The Bertz CT molecular complexity index is 192. The van der Waals surface area contributed by atoms with Gasteiger partial charge in [0.25, 0.3) is 0 Å². The van der Waals surface area contributed by atoms with Gasteiger partial charge in [-0.2, -0.15) is 0 Å². The van der Waals surface area contributed by atoms with E-state index in [9.17, 15) is 4.79 Å². The van der Waals surface area contributed by atoms with Crippen LogP contribution in [0.15, 0.2) is 0 Å². The molecule has 0 aromatic carbocycles. The van der Waals surface area contributed by atoms with Gasteiger partial charge in [0.2, 0.25) is 0 Å². The van der Waals surface area contributed by atoms with Gasteiger partial charge in [0.1, 0.15) is 5.60 Å². The van der Waals surface area contributed by atoms with Crippen LogP contribution in [0.2, 0.25) is 0 Å². The fourth-order valence-corrected chi connectivity index (χ4v) is 2.19. The molecule has 0 heterocycles. The van der Waals surface area contributed by atoms with Gasteiger partial charge in [0.05, 0.1) is 6.42 Å². The second kappa shape index (κ2) is 5.15. The molecule has 0 radical (unpaired) electrons. The lowest BCUT2D eigenvalue weighted by Crippen LogP contribution is -2.27. The Morgan fingerprint density at radius 2 is 1.71 bits per heavy atom. The van der Waals surface area contributed by atoms with E-state index in [1.165, 1.54) is 0 Å². The fraction of sp³-hybridized carbons (Fsp3) is 0.909. The van der Waals surface area contributed by atoms with Crippen LogP contribution in [0.5, 0.6) is 0 Å². The Morgan fingerprint density at radius 3 is 2.07 bits per heavy atom. The van der Waals surface area contributed by atoms with Crippen molar-refractivity contribution in [1.29, 1.82) is 0 Å². The highest BCUT2D eigenvalue weighted by molar-refractivity contribution is 9.09. The van der Waals surface area contributed by atoms with Crippen molar-refractivity contribution in [2.45, 2.75) is 53.1 Å². The molecule has 0 saturated carbocycles. The Labute approximate surface area is 95.5 Å². The number of hydrogen-bond donors (Lipinski definition) is 0. The van der Waals surface area contributed by atoms with Gasteiger partial charge in [-0.25, -0.2) is 0 Å². The van der Waals surface area contributed by atoms with E-state index in [1.54, 1.807) is 0 Å². The molecular weight excluding hydrogens is 244 g/mol. The van der Waals surface area contributed by atoms with E-state index in [2.05, 4.69) is 29.8 Å². The van der Waals surface area contributed by atoms with Crippen molar-refractivity contribution in [2.24, 2.45) is 5.41 Å². The van der Waals surface area contributed by atoms with Crippen molar-refractivity contribution in [3.05, 3.63) is 0 Å². The lowest BCUT2D eigenvalue weighted by atomic mass is 9.86. The maximum absolute atomic E-state index is 11.5. The minimum absolute atomic E-state index is 0.0197. The fourth-order valence-electron chi connectivity index (χ4n) is 1.11. The molecule has 0 aliphatic carbocycles. The van der Waals surface area contributed by atoms with Crippen molar-refractivity contribution < 1.29 is 9.53 Å². The number of hydrogen-bond acceptors (Lipinski definition) is 2. The molecule has 3 heteroatoms. The van der Waals surface area contributed by atoms with E-state index in [-0.39, 0.29) is 17.0 Å². The standard InChI is InChI=1S/C11H21BrO2/c1-10(2,3)14-9(13)8-11(4,5)6-7-12/h6-8H2,1-5H3. The quantitative estimate of drug-likeness (QED) is 0.574. The first-order valence-corrected chi connectivity index (χ1v) is 6.06. The van der Waals surface area contributed by atoms with E-state index in [0.29, 0.717) is 6.42 Å². The van der Waals surface area contributed by atoms with Crippen LogP contribution < -0.4 is 0 Å². The van der Waals surface area contributed by atoms with Gasteiger partial charge < -0.3 is 4.74 Å². The summed E-state index contributed by atoms with van der Waals surface area (Å²) in [7, 11) is 0. The normalized spacial score (nSPS) is 12.7. The minimum atomic E-state index is -0.373. The van der Waals surface area contributed by atoms with Crippen molar-refractivity contribution in [3.8, 4) is 0 Å². The zero-order chi connectivity index (χ0) is 11.4. The van der Waals surface area contributed by atoms with Crippen LogP contribution in [0.25, 0.3) is 0 Å². The maximum atomic E-state index is 11.5. The molecule has 0 aliphatic heterocycles. The summed E-state index contributed by atoms with van der Waals surface area (Å²) >= 11 is 3.38. The molecule has 0 atom stereocenters. The molecule has 14 heavy (non-hydrogen) atoms. The molecular formula is C11H21BrO2. The Hall–Kier alpha value is -0.0500. The molecule has 0 unspecified atom stereocenters. The molecule has 2 nitrogen and oxygen atoms in total. The number of esters is 1. The van der Waals surface area contributed by atoms with Crippen molar-refractivity contribution >= 4 is 21.9 Å². The first-order valence-electron chi connectivity index (χ1n) is 4.94. The summed E-state index contributed by atoms with van der Waals surface area (Å²) in [6.07, 6.45) is 1.46. The first kappa shape index (κ1) is 13.9. The molecule has 0 rings (SSSR count). The predicted molar refractivity (Wildman–Crippen MR) is 62.7 cm³/mol. The van der Waals surface area contributed by atoms with Gasteiger partial charge in [-0.3, -0.25) is 4.79 Å². The molecule has 84 valence electrons. The Balaban J connectivity index is 4.06. The number of carbonyl (C=O) groups excluding carboxylic acids is 1. The third-order valence-corrected chi connectivity index (χ3v) is 2.21. The largest absolute Gasteiger partial charge is 0.460 e. The monoisotopic (exact) mass is 264 g/mol. The van der Waals surface area contributed by atoms with Crippen molar-refractivity contribution in [3.63, 3.8) is 0 Å². The van der Waals surface area contributed by atoms with Crippen LogP contribution in [0.4, 0.5) is 0 Å². The van der Waals surface area contributed by atoms with Gasteiger partial charge in [-0.1, -0.05) is 29.8 Å². The summed E-state index contributed by atoms with van der Waals surface area (Å²) in [6.45, 7) is 9.84. The number of carbonyl (C=O) groups is 1. The molecule has 0 bridgehead atoms. The SMILES string of the molecule is CC(C)(CCBr)CC(=O)OC(C)(C)C. The molecule has 0 spiro atoms. The van der Waals surface area contributed by atoms with Crippen LogP contribution >= 0.6 is 15.9 Å². The highest BCUT2D eigenvalue weighted by Gasteiger charge is 2.25.